The molecule has 17 heavy (non-hydrogen) atoms. The van der Waals surface area contributed by atoms with E-state index in [9.17, 15) is 9.90 Å². The van der Waals surface area contributed by atoms with Crippen molar-refractivity contribution in [2.75, 3.05) is 11.9 Å². The number of ether oxygens (including phenoxy) is 1. The first-order valence-electron chi connectivity index (χ1n) is 5.55. The van der Waals surface area contributed by atoms with Gasteiger partial charge in [-0.3, -0.25) is 4.79 Å². The van der Waals surface area contributed by atoms with Crippen LogP contribution >= 0.6 is 11.6 Å². The molecule has 5 heteroatoms. The highest BCUT2D eigenvalue weighted by Crippen LogP contribution is 2.26. The van der Waals surface area contributed by atoms with Gasteiger partial charge in [-0.25, -0.2) is 0 Å². The third-order valence-corrected chi connectivity index (χ3v) is 2.97. The summed E-state index contributed by atoms with van der Waals surface area (Å²) in [4.78, 5) is 11.7. The highest BCUT2D eigenvalue weighted by atomic mass is 35.5. The van der Waals surface area contributed by atoms with E-state index >= 15 is 0 Å². The van der Waals surface area contributed by atoms with E-state index in [1.54, 1.807) is 6.07 Å². The van der Waals surface area contributed by atoms with E-state index in [0.717, 1.165) is 19.4 Å². The summed E-state index contributed by atoms with van der Waals surface area (Å²) in [5.74, 6) is -0.0950. The summed E-state index contributed by atoms with van der Waals surface area (Å²) >= 11 is 5.74. The molecule has 92 valence electrons. The molecule has 0 spiro atoms. The number of phenolic OH excluding ortho intramolecular Hbond substituents is 1. The van der Waals surface area contributed by atoms with Crippen LogP contribution in [0.25, 0.3) is 0 Å². The lowest BCUT2D eigenvalue weighted by Gasteiger charge is -2.10. The molecule has 0 aromatic heterocycles. The van der Waals surface area contributed by atoms with Gasteiger partial charge < -0.3 is 15.2 Å². The molecule has 1 heterocycles. The Labute approximate surface area is 105 Å². The van der Waals surface area contributed by atoms with Crippen LogP contribution in [0.3, 0.4) is 0 Å². The van der Waals surface area contributed by atoms with Gasteiger partial charge in [0.1, 0.15) is 5.75 Å². The van der Waals surface area contributed by atoms with E-state index in [0.29, 0.717) is 12.1 Å². The van der Waals surface area contributed by atoms with Crippen molar-refractivity contribution in [1.29, 1.82) is 0 Å². The summed E-state index contributed by atoms with van der Waals surface area (Å²) in [6, 6.07) is 4.57. The van der Waals surface area contributed by atoms with Crippen molar-refractivity contribution in [1.82, 2.24) is 0 Å². The third-order valence-electron chi connectivity index (χ3n) is 2.67. The fourth-order valence-corrected chi connectivity index (χ4v) is 1.99. The van der Waals surface area contributed by atoms with Crippen molar-refractivity contribution in [2.24, 2.45) is 0 Å². The molecule has 0 aliphatic carbocycles. The van der Waals surface area contributed by atoms with Crippen LogP contribution in [-0.2, 0) is 9.53 Å². The highest BCUT2D eigenvalue weighted by Gasteiger charge is 2.19. The predicted octanol–water partition coefficient (Wildman–Crippen LogP) is 2.55. The molecule has 1 atom stereocenters. The molecule has 1 unspecified atom stereocenters. The Kier molecular flexibility index (Phi) is 3.86. The van der Waals surface area contributed by atoms with E-state index < -0.39 is 0 Å². The number of benzene rings is 1. The van der Waals surface area contributed by atoms with Crippen LogP contribution in [0.2, 0.25) is 5.02 Å². The molecule has 4 nitrogen and oxygen atoms in total. The van der Waals surface area contributed by atoms with Gasteiger partial charge in [0.05, 0.1) is 17.5 Å². The number of nitrogens with one attached hydrogen (secondary N) is 1. The normalized spacial score (nSPS) is 19.2. The molecule has 2 rings (SSSR count). The number of carbonyl (C=O) groups excluding carboxylic acids is 1. The minimum Gasteiger partial charge on any atom is -0.506 e. The zero-order valence-electron chi connectivity index (χ0n) is 9.28. The zero-order valence-corrected chi connectivity index (χ0v) is 10.0. The van der Waals surface area contributed by atoms with Crippen LogP contribution in [0.15, 0.2) is 18.2 Å². The smallest absolute Gasteiger partial charge is 0.226 e. The molecular weight excluding hydrogens is 242 g/mol. The lowest BCUT2D eigenvalue weighted by molar-refractivity contribution is -0.118. The van der Waals surface area contributed by atoms with Gasteiger partial charge in [0.2, 0.25) is 5.91 Å². The second kappa shape index (κ2) is 5.38. The Hall–Kier alpha value is -1.26. The second-order valence-electron chi connectivity index (χ2n) is 4.05. The van der Waals surface area contributed by atoms with Gasteiger partial charge in [0.25, 0.3) is 0 Å². The molecule has 0 saturated carbocycles. The van der Waals surface area contributed by atoms with Crippen molar-refractivity contribution in [3.63, 3.8) is 0 Å². The van der Waals surface area contributed by atoms with Crippen LogP contribution in [0.1, 0.15) is 19.3 Å². The first-order valence-corrected chi connectivity index (χ1v) is 5.93. The molecule has 1 aliphatic rings. The Morgan fingerprint density at radius 3 is 3.06 bits per heavy atom. The van der Waals surface area contributed by atoms with E-state index in [1.807, 2.05) is 0 Å². The largest absolute Gasteiger partial charge is 0.506 e. The van der Waals surface area contributed by atoms with Crippen molar-refractivity contribution < 1.29 is 14.6 Å². The fourth-order valence-electron chi connectivity index (χ4n) is 1.81. The average Bonchev–Trinajstić information content (AvgIpc) is 2.76. The number of hydrogen-bond acceptors (Lipinski definition) is 3. The van der Waals surface area contributed by atoms with Crippen molar-refractivity contribution in [2.45, 2.75) is 25.4 Å². The van der Waals surface area contributed by atoms with Gasteiger partial charge in [0, 0.05) is 12.3 Å². The molecule has 1 aromatic carbocycles. The summed E-state index contributed by atoms with van der Waals surface area (Å²) in [6.45, 7) is 0.739. The predicted molar refractivity (Wildman–Crippen MR) is 65.3 cm³/mol. The average molecular weight is 256 g/mol. The molecule has 2 N–H and O–H groups in total. The van der Waals surface area contributed by atoms with Crippen LogP contribution < -0.4 is 5.32 Å². The topological polar surface area (TPSA) is 58.6 Å². The summed E-state index contributed by atoms with van der Waals surface area (Å²) < 4.78 is 5.38. The van der Waals surface area contributed by atoms with E-state index in [2.05, 4.69) is 5.32 Å². The molecule has 0 radical (unpaired) electrons. The minimum absolute atomic E-state index is 0.00351. The Morgan fingerprint density at radius 1 is 1.59 bits per heavy atom. The standard InChI is InChI=1S/C12H14ClNO3/c13-10-6-8(3-4-11(10)15)14-12(16)7-9-2-1-5-17-9/h3-4,6,9,15H,1-2,5,7H2,(H,14,16). The lowest BCUT2D eigenvalue weighted by atomic mass is 10.2. The number of carbonyl (C=O) groups is 1. The number of amides is 1. The Bertz CT molecular complexity index is 416. The Morgan fingerprint density at radius 2 is 2.41 bits per heavy atom. The minimum atomic E-state index is -0.0985. The molecule has 1 aromatic rings. The first-order chi connectivity index (χ1) is 8.15. The summed E-state index contributed by atoms with van der Waals surface area (Å²) in [7, 11) is 0. The SMILES string of the molecule is O=C(CC1CCCO1)Nc1ccc(O)c(Cl)c1. The van der Waals surface area contributed by atoms with E-state index in [1.165, 1.54) is 12.1 Å². The fraction of sp³-hybridized carbons (Fsp3) is 0.417. The van der Waals surface area contributed by atoms with Gasteiger partial charge in [0.15, 0.2) is 0 Å². The van der Waals surface area contributed by atoms with E-state index in [4.69, 9.17) is 16.3 Å². The Balaban J connectivity index is 1.90. The molecule has 1 amide bonds. The van der Waals surface area contributed by atoms with Crippen LogP contribution in [0.4, 0.5) is 5.69 Å². The summed E-state index contributed by atoms with van der Waals surface area (Å²) in [6.07, 6.45) is 2.34. The number of hydrogen-bond donors (Lipinski definition) is 2. The van der Waals surface area contributed by atoms with Gasteiger partial charge in [-0.05, 0) is 31.0 Å². The van der Waals surface area contributed by atoms with Crippen molar-refractivity contribution in [3.05, 3.63) is 23.2 Å². The van der Waals surface area contributed by atoms with Crippen LogP contribution in [0, 0.1) is 0 Å². The van der Waals surface area contributed by atoms with Crippen LogP contribution in [-0.4, -0.2) is 23.7 Å². The maximum Gasteiger partial charge on any atom is 0.226 e. The maximum absolute atomic E-state index is 11.7. The number of phenols is 1. The molecule has 0 bridgehead atoms. The third kappa shape index (κ3) is 3.35. The summed E-state index contributed by atoms with van der Waals surface area (Å²) in [5, 5.41) is 12.2. The van der Waals surface area contributed by atoms with E-state index in [-0.39, 0.29) is 22.8 Å². The van der Waals surface area contributed by atoms with Gasteiger partial charge in [-0.2, -0.15) is 0 Å². The molecule has 1 saturated heterocycles. The number of rotatable bonds is 3. The monoisotopic (exact) mass is 255 g/mol. The maximum atomic E-state index is 11.7. The van der Waals surface area contributed by atoms with Gasteiger partial charge in [-0.1, -0.05) is 11.6 Å². The van der Waals surface area contributed by atoms with Crippen molar-refractivity contribution in [3.8, 4) is 5.75 Å². The highest BCUT2D eigenvalue weighted by molar-refractivity contribution is 6.32. The number of anilines is 1. The number of aromatic hydroxyl groups is 1. The first kappa shape index (κ1) is 12.2. The molecular formula is C12H14ClNO3. The summed E-state index contributed by atoms with van der Waals surface area (Å²) in [5.41, 5.74) is 0.579. The molecule has 1 aliphatic heterocycles. The lowest BCUT2D eigenvalue weighted by Crippen LogP contribution is -2.19. The number of halogens is 1. The molecule has 1 fully saturated rings. The quantitative estimate of drug-likeness (QED) is 0.816. The van der Waals surface area contributed by atoms with Crippen LogP contribution in [0.5, 0.6) is 5.75 Å². The second-order valence-corrected chi connectivity index (χ2v) is 4.46. The van der Waals surface area contributed by atoms with Gasteiger partial charge in [-0.15, -0.1) is 0 Å². The zero-order chi connectivity index (χ0) is 12.3. The van der Waals surface area contributed by atoms with Gasteiger partial charge >= 0.3 is 0 Å². The van der Waals surface area contributed by atoms with Crippen molar-refractivity contribution >= 4 is 23.2 Å².